The van der Waals surface area contributed by atoms with Gasteiger partial charge in [-0.1, -0.05) is 63.3 Å². The minimum atomic E-state index is 0.706. The van der Waals surface area contributed by atoms with Crippen molar-refractivity contribution >= 4 is 10.8 Å². The minimum absolute atomic E-state index is 0.706. The van der Waals surface area contributed by atoms with E-state index in [2.05, 4.69) is 13.0 Å². The fraction of sp³-hybridized carbons (Fsp3) is 0.421. The summed E-state index contributed by atoms with van der Waals surface area (Å²) in [5.74, 6) is 0.887. The van der Waals surface area contributed by atoms with E-state index in [1.54, 1.807) is 0 Å². The lowest BCUT2D eigenvalue weighted by atomic mass is 10.0. The fourth-order valence-electron chi connectivity index (χ4n) is 2.56. The maximum absolute atomic E-state index is 9.15. The van der Waals surface area contributed by atoms with Crippen LogP contribution in [0.4, 0.5) is 0 Å². The number of hydrogen-bond acceptors (Lipinski definition) is 2. The molecule has 2 nitrogen and oxygen atoms in total. The third-order valence-corrected chi connectivity index (χ3v) is 3.76. The van der Waals surface area contributed by atoms with Gasteiger partial charge in [0.1, 0.15) is 5.75 Å². The Balaban J connectivity index is 1.92. The average molecular weight is 281 g/mol. The summed E-state index contributed by atoms with van der Waals surface area (Å²) >= 11 is 0. The molecule has 0 radical (unpaired) electrons. The fourth-order valence-corrected chi connectivity index (χ4v) is 2.56. The Morgan fingerprint density at radius 2 is 1.62 bits per heavy atom. The molecular weight excluding hydrogens is 258 g/mol. The minimum Gasteiger partial charge on any atom is -0.493 e. The van der Waals surface area contributed by atoms with Crippen molar-refractivity contribution in [2.75, 3.05) is 6.61 Å². The van der Waals surface area contributed by atoms with Crippen LogP contribution in [0.25, 0.3) is 10.8 Å². The van der Waals surface area contributed by atoms with Crippen LogP contribution in [-0.2, 0) is 0 Å². The summed E-state index contributed by atoms with van der Waals surface area (Å²) in [4.78, 5) is 0. The Kier molecular flexibility index (Phi) is 6.09. The molecule has 110 valence electrons. The Morgan fingerprint density at radius 3 is 2.38 bits per heavy atom. The van der Waals surface area contributed by atoms with Crippen LogP contribution in [0.2, 0.25) is 0 Å². The highest BCUT2D eigenvalue weighted by molar-refractivity contribution is 5.92. The second kappa shape index (κ2) is 8.32. The largest absolute Gasteiger partial charge is 0.493 e. The quantitative estimate of drug-likeness (QED) is 0.603. The number of hydrogen-bond donors (Lipinski definition) is 0. The number of ether oxygens (including phenoxy) is 1. The van der Waals surface area contributed by atoms with Crippen molar-refractivity contribution in [3.63, 3.8) is 0 Å². The summed E-state index contributed by atoms with van der Waals surface area (Å²) in [6.45, 7) is 2.99. The molecule has 21 heavy (non-hydrogen) atoms. The predicted octanol–water partition coefficient (Wildman–Crippen LogP) is 5.45. The highest BCUT2D eigenvalue weighted by atomic mass is 16.5. The average Bonchev–Trinajstić information content (AvgIpc) is 2.54. The van der Waals surface area contributed by atoms with Gasteiger partial charge in [0.05, 0.1) is 18.2 Å². The molecule has 0 atom stereocenters. The predicted molar refractivity (Wildman–Crippen MR) is 87.5 cm³/mol. The Hall–Kier alpha value is -2.01. The molecule has 0 saturated heterocycles. The van der Waals surface area contributed by atoms with Crippen LogP contribution in [0.1, 0.15) is 51.0 Å². The molecule has 0 saturated carbocycles. The molecule has 2 rings (SSSR count). The van der Waals surface area contributed by atoms with Gasteiger partial charge in [-0.05, 0) is 18.6 Å². The molecule has 0 unspecified atom stereocenters. The molecule has 0 fully saturated rings. The molecule has 0 aliphatic carbocycles. The Labute approximate surface area is 127 Å². The van der Waals surface area contributed by atoms with Gasteiger partial charge in [-0.15, -0.1) is 0 Å². The Morgan fingerprint density at radius 1 is 0.905 bits per heavy atom. The topological polar surface area (TPSA) is 33.0 Å². The summed E-state index contributed by atoms with van der Waals surface area (Å²) < 4.78 is 5.92. The first-order valence-corrected chi connectivity index (χ1v) is 7.91. The van der Waals surface area contributed by atoms with Crippen molar-refractivity contribution in [3.05, 3.63) is 42.0 Å². The van der Waals surface area contributed by atoms with E-state index in [0.29, 0.717) is 5.56 Å². The normalized spacial score (nSPS) is 10.5. The summed E-state index contributed by atoms with van der Waals surface area (Å²) in [6.07, 6.45) is 7.57. The standard InChI is InChI=1S/C19H23NO/c1-2-3-4-5-6-9-14-21-19-13-12-16(15-20)17-10-7-8-11-18(17)19/h7-8,10-13H,2-6,9,14H2,1H3. The van der Waals surface area contributed by atoms with Gasteiger partial charge in [0.15, 0.2) is 0 Å². The first kappa shape index (κ1) is 15.4. The number of benzene rings is 2. The zero-order valence-corrected chi connectivity index (χ0v) is 12.8. The zero-order valence-electron chi connectivity index (χ0n) is 12.8. The van der Waals surface area contributed by atoms with E-state index in [1.807, 2.05) is 36.4 Å². The summed E-state index contributed by atoms with van der Waals surface area (Å²) in [5.41, 5.74) is 0.706. The van der Waals surface area contributed by atoms with Gasteiger partial charge in [0, 0.05) is 10.8 Å². The van der Waals surface area contributed by atoms with Crippen LogP contribution in [0.5, 0.6) is 5.75 Å². The van der Waals surface area contributed by atoms with E-state index in [4.69, 9.17) is 10.00 Å². The highest BCUT2D eigenvalue weighted by Gasteiger charge is 2.05. The lowest BCUT2D eigenvalue weighted by molar-refractivity contribution is 0.308. The first-order valence-electron chi connectivity index (χ1n) is 7.91. The van der Waals surface area contributed by atoms with Gasteiger partial charge in [-0.2, -0.15) is 5.26 Å². The van der Waals surface area contributed by atoms with Crippen molar-refractivity contribution in [3.8, 4) is 11.8 Å². The van der Waals surface area contributed by atoms with E-state index in [1.165, 1.54) is 32.1 Å². The Bertz CT molecular complexity index is 612. The first-order chi connectivity index (χ1) is 10.4. The molecule has 0 amide bonds. The van der Waals surface area contributed by atoms with Gasteiger partial charge in [-0.25, -0.2) is 0 Å². The van der Waals surface area contributed by atoms with E-state index >= 15 is 0 Å². The highest BCUT2D eigenvalue weighted by Crippen LogP contribution is 2.28. The number of nitrogens with zero attached hydrogens (tertiary/aromatic N) is 1. The molecule has 0 aromatic heterocycles. The third-order valence-electron chi connectivity index (χ3n) is 3.76. The molecule has 2 aromatic carbocycles. The van der Waals surface area contributed by atoms with Gasteiger partial charge < -0.3 is 4.74 Å². The summed E-state index contributed by atoms with van der Waals surface area (Å²) in [7, 11) is 0. The van der Waals surface area contributed by atoms with Crippen molar-refractivity contribution in [2.24, 2.45) is 0 Å². The molecule has 0 heterocycles. The number of fused-ring (bicyclic) bond motifs is 1. The van der Waals surface area contributed by atoms with Crippen LogP contribution in [-0.4, -0.2) is 6.61 Å². The van der Waals surface area contributed by atoms with Gasteiger partial charge in [0.25, 0.3) is 0 Å². The molecule has 2 aromatic rings. The molecule has 2 heteroatoms. The SMILES string of the molecule is CCCCCCCCOc1ccc(C#N)c2ccccc12. The van der Waals surface area contributed by atoms with Crippen molar-refractivity contribution in [1.82, 2.24) is 0 Å². The molecular formula is C19H23NO. The van der Waals surface area contributed by atoms with Crippen LogP contribution in [0, 0.1) is 11.3 Å². The number of rotatable bonds is 8. The summed E-state index contributed by atoms with van der Waals surface area (Å²) in [5, 5.41) is 11.2. The lowest BCUT2D eigenvalue weighted by Crippen LogP contribution is -1.98. The maximum atomic E-state index is 9.15. The van der Waals surface area contributed by atoms with Crippen molar-refractivity contribution in [2.45, 2.75) is 45.4 Å². The van der Waals surface area contributed by atoms with Crippen LogP contribution in [0.3, 0.4) is 0 Å². The van der Waals surface area contributed by atoms with Crippen LogP contribution < -0.4 is 4.74 Å². The van der Waals surface area contributed by atoms with E-state index in [9.17, 15) is 0 Å². The maximum Gasteiger partial charge on any atom is 0.127 e. The van der Waals surface area contributed by atoms with Crippen molar-refractivity contribution in [1.29, 1.82) is 5.26 Å². The van der Waals surface area contributed by atoms with Gasteiger partial charge in [-0.3, -0.25) is 0 Å². The third kappa shape index (κ3) is 4.23. The smallest absolute Gasteiger partial charge is 0.127 e. The lowest BCUT2D eigenvalue weighted by Gasteiger charge is -2.10. The van der Waals surface area contributed by atoms with E-state index < -0.39 is 0 Å². The van der Waals surface area contributed by atoms with Crippen LogP contribution >= 0.6 is 0 Å². The second-order valence-electron chi connectivity index (χ2n) is 5.38. The number of unbranched alkanes of at least 4 members (excludes halogenated alkanes) is 5. The van der Waals surface area contributed by atoms with Gasteiger partial charge in [0.2, 0.25) is 0 Å². The van der Waals surface area contributed by atoms with Crippen molar-refractivity contribution < 1.29 is 4.74 Å². The summed E-state index contributed by atoms with van der Waals surface area (Å²) in [6, 6.07) is 13.9. The molecule has 0 N–H and O–H groups in total. The molecule has 0 bridgehead atoms. The number of nitriles is 1. The van der Waals surface area contributed by atoms with E-state index in [0.717, 1.165) is 29.5 Å². The second-order valence-corrected chi connectivity index (χ2v) is 5.38. The molecule has 0 spiro atoms. The monoisotopic (exact) mass is 281 g/mol. The zero-order chi connectivity index (χ0) is 14.9. The molecule has 0 aliphatic rings. The van der Waals surface area contributed by atoms with Gasteiger partial charge >= 0.3 is 0 Å². The van der Waals surface area contributed by atoms with E-state index in [-0.39, 0.29) is 0 Å². The molecule has 0 aliphatic heterocycles. The van der Waals surface area contributed by atoms with Crippen LogP contribution in [0.15, 0.2) is 36.4 Å².